The third kappa shape index (κ3) is 1.46. The monoisotopic (exact) mass is 214 g/mol. The van der Waals surface area contributed by atoms with Gasteiger partial charge in [0.1, 0.15) is 5.82 Å². The summed E-state index contributed by atoms with van der Waals surface area (Å²) in [6.45, 7) is 1.93. The van der Waals surface area contributed by atoms with Gasteiger partial charge in [-0.1, -0.05) is 6.07 Å². The lowest BCUT2D eigenvalue weighted by Gasteiger charge is -2.28. The van der Waals surface area contributed by atoms with Crippen molar-refractivity contribution < 1.29 is 0 Å². The predicted molar refractivity (Wildman–Crippen MR) is 62.2 cm³/mol. The molecule has 4 heteroatoms. The molecule has 0 amide bonds. The van der Waals surface area contributed by atoms with Gasteiger partial charge in [0, 0.05) is 19.8 Å². The van der Waals surface area contributed by atoms with Crippen LogP contribution in [0.4, 0.5) is 5.82 Å². The molecule has 4 nitrogen and oxygen atoms in total. The molecule has 0 aromatic carbocycles. The molecular weight excluding hydrogens is 200 g/mol. The second-order valence-electron chi connectivity index (χ2n) is 4.10. The highest BCUT2D eigenvalue weighted by Gasteiger charge is 2.20. The number of hydrogen-bond donors (Lipinski definition) is 0. The maximum Gasteiger partial charge on any atom is 0.128 e. The standard InChI is InChI=1S/C12H14N4/c1-15-11-9-16(7-5-10(11)8-14-15)12-4-2-3-6-13-12/h2-4,6,8H,5,7,9H2,1H3. The molecule has 2 aromatic heterocycles. The van der Waals surface area contributed by atoms with Crippen molar-refractivity contribution in [3.05, 3.63) is 41.9 Å². The molecule has 1 aliphatic rings. The number of aromatic nitrogens is 3. The summed E-state index contributed by atoms with van der Waals surface area (Å²) in [4.78, 5) is 6.68. The number of aryl methyl sites for hydroxylation is 1. The first kappa shape index (κ1) is 9.39. The van der Waals surface area contributed by atoms with E-state index in [1.807, 2.05) is 36.3 Å². The molecule has 3 rings (SSSR count). The Morgan fingerprint density at radius 1 is 1.31 bits per heavy atom. The molecule has 0 aliphatic carbocycles. The zero-order valence-corrected chi connectivity index (χ0v) is 9.30. The van der Waals surface area contributed by atoms with E-state index in [-0.39, 0.29) is 0 Å². The van der Waals surface area contributed by atoms with Crippen molar-refractivity contribution in [1.82, 2.24) is 14.8 Å². The summed E-state index contributed by atoms with van der Waals surface area (Å²) in [6, 6.07) is 6.03. The Morgan fingerprint density at radius 2 is 2.25 bits per heavy atom. The Labute approximate surface area is 94.5 Å². The van der Waals surface area contributed by atoms with E-state index in [9.17, 15) is 0 Å². The van der Waals surface area contributed by atoms with Gasteiger partial charge in [0.2, 0.25) is 0 Å². The SMILES string of the molecule is Cn1ncc2c1CN(c1ccccn1)CC2. The van der Waals surface area contributed by atoms with Crippen molar-refractivity contribution in [2.75, 3.05) is 11.4 Å². The van der Waals surface area contributed by atoms with Gasteiger partial charge >= 0.3 is 0 Å². The Morgan fingerprint density at radius 3 is 3.06 bits per heavy atom. The minimum atomic E-state index is 0.906. The first-order valence-corrected chi connectivity index (χ1v) is 5.50. The minimum absolute atomic E-state index is 0.906. The van der Waals surface area contributed by atoms with Gasteiger partial charge in [-0.15, -0.1) is 0 Å². The van der Waals surface area contributed by atoms with Crippen LogP contribution in [0.25, 0.3) is 0 Å². The van der Waals surface area contributed by atoms with Crippen LogP contribution in [0.2, 0.25) is 0 Å². The van der Waals surface area contributed by atoms with E-state index in [0.717, 1.165) is 25.3 Å². The van der Waals surface area contributed by atoms with E-state index >= 15 is 0 Å². The Kier molecular flexibility index (Phi) is 2.13. The van der Waals surface area contributed by atoms with Gasteiger partial charge in [-0.3, -0.25) is 4.68 Å². The first-order chi connectivity index (χ1) is 7.84. The predicted octanol–water partition coefficient (Wildman–Crippen LogP) is 1.38. The number of fused-ring (bicyclic) bond motifs is 1. The van der Waals surface area contributed by atoms with Crippen LogP contribution in [0.1, 0.15) is 11.3 Å². The first-order valence-electron chi connectivity index (χ1n) is 5.50. The van der Waals surface area contributed by atoms with Crippen LogP contribution in [0.15, 0.2) is 30.6 Å². The zero-order chi connectivity index (χ0) is 11.0. The van der Waals surface area contributed by atoms with Crippen LogP contribution in [-0.4, -0.2) is 21.3 Å². The third-order valence-electron chi connectivity index (χ3n) is 3.11. The normalized spacial score (nSPS) is 14.9. The van der Waals surface area contributed by atoms with E-state index in [4.69, 9.17) is 0 Å². The van der Waals surface area contributed by atoms with E-state index in [2.05, 4.69) is 21.0 Å². The van der Waals surface area contributed by atoms with E-state index in [1.54, 1.807) is 0 Å². The summed E-state index contributed by atoms with van der Waals surface area (Å²) in [5.74, 6) is 1.05. The summed E-state index contributed by atoms with van der Waals surface area (Å²) >= 11 is 0. The fourth-order valence-corrected chi connectivity index (χ4v) is 2.17. The van der Waals surface area contributed by atoms with Crippen molar-refractivity contribution in [3.8, 4) is 0 Å². The summed E-state index contributed by atoms with van der Waals surface area (Å²) in [5.41, 5.74) is 2.67. The highest BCUT2D eigenvalue weighted by atomic mass is 15.3. The molecule has 0 spiro atoms. The fourth-order valence-electron chi connectivity index (χ4n) is 2.17. The molecule has 0 fully saturated rings. The lowest BCUT2D eigenvalue weighted by molar-refractivity contribution is 0.645. The maximum absolute atomic E-state index is 4.39. The molecule has 2 aromatic rings. The van der Waals surface area contributed by atoms with Gasteiger partial charge in [0.15, 0.2) is 0 Å². The lowest BCUT2D eigenvalue weighted by atomic mass is 10.1. The van der Waals surface area contributed by atoms with Crippen LogP contribution in [-0.2, 0) is 20.0 Å². The summed E-state index contributed by atoms with van der Waals surface area (Å²) in [7, 11) is 2.00. The van der Waals surface area contributed by atoms with E-state index in [1.165, 1.54) is 11.3 Å². The number of anilines is 1. The quantitative estimate of drug-likeness (QED) is 0.719. The van der Waals surface area contributed by atoms with E-state index in [0.29, 0.717) is 0 Å². The van der Waals surface area contributed by atoms with E-state index < -0.39 is 0 Å². The molecule has 0 N–H and O–H groups in total. The molecule has 0 saturated carbocycles. The summed E-state index contributed by atoms with van der Waals surface area (Å²) in [6.07, 6.45) is 4.87. The largest absolute Gasteiger partial charge is 0.350 e. The average molecular weight is 214 g/mol. The number of rotatable bonds is 1. The highest BCUT2D eigenvalue weighted by Crippen LogP contribution is 2.21. The molecule has 0 saturated heterocycles. The van der Waals surface area contributed by atoms with Gasteiger partial charge in [0.25, 0.3) is 0 Å². The fraction of sp³-hybridized carbons (Fsp3) is 0.333. The van der Waals surface area contributed by atoms with Crippen molar-refractivity contribution in [1.29, 1.82) is 0 Å². The van der Waals surface area contributed by atoms with Gasteiger partial charge < -0.3 is 4.90 Å². The van der Waals surface area contributed by atoms with Gasteiger partial charge in [-0.25, -0.2) is 4.98 Å². The second-order valence-corrected chi connectivity index (χ2v) is 4.10. The molecule has 3 heterocycles. The van der Waals surface area contributed by atoms with Crippen molar-refractivity contribution in [3.63, 3.8) is 0 Å². The molecule has 16 heavy (non-hydrogen) atoms. The Balaban J connectivity index is 1.90. The molecule has 0 unspecified atom stereocenters. The van der Waals surface area contributed by atoms with Crippen molar-refractivity contribution in [2.24, 2.45) is 7.05 Å². The van der Waals surface area contributed by atoms with Gasteiger partial charge in [0.05, 0.1) is 18.4 Å². The number of hydrogen-bond acceptors (Lipinski definition) is 3. The summed E-state index contributed by atoms with van der Waals surface area (Å²) < 4.78 is 1.96. The van der Waals surface area contributed by atoms with Crippen LogP contribution in [0.3, 0.4) is 0 Å². The molecule has 1 aliphatic heterocycles. The Hall–Kier alpha value is -1.84. The molecular formula is C12H14N4. The molecule has 82 valence electrons. The summed E-state index contributed by atoms with van der Waals surface area (Å²) in [5, 5.41) is 4.30. The van der Waals surface area contributed by atoms with Crippen molar-refractivity contribution in [2.45, 2.75) is 13.0 Å². The average Bonchev–Trinajstić information content (AvgIpc) is 2.72. The van der Waals surface area contributed by atoms with Crippen LogP contribution < -0.4 is 4.90 Å². The number of pyridine rings is 1. The van der Waals surface area contributed by atoms with Gasteiger partial charge in [-0.05, 0) is 24.1 Å². The minimum Gasteiger partial charge on any atom is -0.350 e. The maximum atomic E-state index is 4.39. The van der Waals surface area contributed by atoms with Crippen LogP contribution >= 0.6 is 0 Å². The number of nitrogens with zero attached hydrogens (tertiary/aromatic N) is 4. The molecule has 0 bridgehead atoms. The second kappa shape index (κ2) is 3.63. The van der Waals surface area contributed by atoms with Gasteiger partial charge in [-0.2, -0.15) is 5.10 Å². The lowest BCUT2D eigenvalue weighted by Crippen LogP contribution is -2.31. The van der Waals surface area contributed by atoms with Crippen LogP contribution in [0, 0.1) is 0 Å². The third-order valence-corrected chi connectivity index (χ3v) is 3.11. The zero-order valence-electron chi connectivity index (χ0n) is 9.30. The van der Waals surface area contributed by atoms with Crippen LogP contribution in [0.5, 0.6) is 0 Å². The highest BCUT2D eigenvalue weighted by molar-refractivity contribution is 5.41. The smallest absolute Gasteiger partial charge is 0.128 e. The molecule has 0 atom stereocenters. The Bertz CT molecular complexity index is 489. The topological polar surface area (TPSA) is 34.0 Å². The van der Waals surface area contributed by atoms with Crippen molar-refractivity contribution >= 4 is 5.82 Å². The molecule has 0 radical (unpaired) electrons.